The zero-order valence-corrected chi connectivity index (χ0v) is 14.7. The van der Waals surface area contributed by atoms with Gasteiger partial charge in [-0.1, -0.05) is 42.2 Å². The molecule has 0 fully saturated rings. The number of rotatable bonds is 6. The molecule has 2 aromatic rings. The monoisotopic (exact) mass is 371 g/mol. The smallest absolute Gasteiger partial charge is 0.234 e. The van der Waals surface area contributed by atoms with Crippen LogP contribution in [0.3, 0.4) is 0 Å². The Bertz CT molecular complexity index is 943. The molecule has 0 spiro atoms. The van der Waals surface area contributed by atoms with Gasteiger partial charge in [0.25, 0.3) is 0 Å². The van der Waals surface area contributed by atoms with Crippen molar-refractivity contribution in [1.82, 2.24) is 4.72 Å². The summed E-state index contributed by atoms with van der Waals surface area (Å²) in [6.45, 7) is 0.352. The average molecular weight is 371 g/mol. The van der Waals surface area contributed by atoms with Crippen molar-refractivity contribution in [3.8, 4) is 29.1 Å². The Hall–Kier alpha value is -2.95. The number of hydrogen-bond acceptors (Lipinski definition) is 5. The van der Waals surface area contributed by atoms with Crippen molar-refractivity contribution in [2.75, 3.05) is 19.9 Å². The summed E-state index contributed by atoms with van der Waals surface area (Å²) < 4.78 is 42.0. The van der Waals surface area contributed by atoms with Crippen LogP contribution in [0.1, 0.15) is 5.56 Å². The second kappa shape index (κ2) is 8.43. The van der Waals surface area contributed by atoms with Crippen LogP contribution in [0.5, 0.6) is 17.2 Å². The third-order valence-electron chi connectivity index (χ3n) is 3.38. The SMILES string of the molecule is O=S(=O)(C=Cc1ccccc1)NCC#CCOc1ccc2c(c1)OCO2. The molecule has 0 unspecified atom stereocenters. The van der Waals surface area contributed by atoms with Gasteiger partial charge >= 0.3 is 0 Å². The Morgan fingerprint density at radius 2 is 1.88 bits per heavy atom. The molecule has 3 rings (SSSR count). The van der Waals surface area contributed by atoms with Crippen LogP contribution in [0.4, 0.5) is 0 Å². The third-order valence-corrected chi connectivity index (χ3v) is 4.42. The summed E-state index contributed by atoms with van der Waals surface area (Å²) in [4.78, 5) is 0. The van der Waals surface area contributed by atoms with Gasteiger partial charge in [-0.05, 0) is 23.8 Å². The van der Waals surface area contributed by atoms with E-state index in [4.69, 9.17) is 14.2 Å². The van der Waals surface area contributed by atoms with E-state index in [2.05, 4.69) is 16.6 Å². The van der Waals surface area contributed by atoms with E-state index in [1.165, 1.54) is 6.08 Å². The lowest BCUT2D eigenvalue weighted by Crippen LogP contribution is -2.21. The van der Waals surface area contributed by atoms with Crippen molar-refractivity contribution in [1.29, 1.82) is 0 Å². The zero-order chi connectivity index (χ0) is 18.2. The van der Waals surface area contributed by atoms with Gasteiger partial charge in [0.1, 0.15) is 12.4 Å². The highest BCUT2D eigenvalue weighted by Crippen LogP contribution is 2.34. The summed E-state index contributed by atoms with van der Waals surface area (Å²) in [5.41, 5.74) is 0.807. The molecular formula is C19H17NO5S. The quantitative estimate of drug-likeness (QED) is 0.790. The van der Waals surface area contributed by atoms with E-state index >= 15 is 0 Å². The summed E-state index contributed by atoms with van der Waals surface area (Å²) in [5, 5.41) is 1.12. The molecular weight excluding hydrogens is 354 g/mol. The van der Waals surface area contributed by atoms with Gasteiger partial charge in [0.15, 0.2) is 11.5 Å². The second-order valence-corrected chi connectivity index (χ2v) is 6.89. The first-order valence-corrected chi connectivity index (χ1v) is 9.38. The molecule has 0 aliphatic carbocycles. The van der Waals surface area contributed by atoms with Crippen molar-refractivity contribution in [3.63, 3.8) is 0 Å². The third kappa shape index (κ3) is 5.28. The first-order valence-electron chi connectivity index (χ1n) is 7.83. The maximum Gasteiger partial charge on any atom is 0.234 e. The van der Waals surface area contributed by atoms with Crippen LogP contribution < -0.4 is 18.9 Å². The molecule has 6 nitrogen and oxygen atoms in total. The van der Waals surface area contributed by atoms with E-state index in [0.29, 0.717) is 17.2 Å². The standard InChI is InChI=1S/C19H17NO5S/c21-26(22,13-10-16-6-2-1-3-7-16)20-11-4-5-12-23-17-8-9-18-19(14-17)25-15-24-18/h1-3,6-10,13-14,20H,11-12,15H2. The molecule has 0 radical (unpaired) electrons. The molecule has 0 aromatic heterocycles. The number of benzene rings is 2. The Labute approximate surface area is 152 Å². The van der Waals surface area contributed by atoms with Crippen molar-refractivity contribution in [2.24, 2.45) is 0 Å². The van der Waals surface area contributed by atoms with Crippen molar-refractivity contribution in [2.45, 2.75) is 0 Å². The predicted octanol–water partition coefficient (Wildman–Crippen LogP) is 2.39. The Kier molecular flexibility index (Phi) is 5.79. The normalized spacial score (nSPS) is 12.6. The summed E-state index contributed by atoms with van der Waals surface area (Å²) in [6.07, 6.45) is 1.53. The Morgan fingerprint density at radius 1 is 1.08 bits per heavy atom. The van der Waals surface area contributed by atoms with Gasteiger partial charge in [0.2, 0.25) is 16.8 Å². The van der Waals surface area contributed by atoms with E-state index in [9.17, 15) is 8.42 Å². The fraction of sp³-hybridized carbons (Fsp3) is 0.158. The summed E-state index contributed by atoms with van der Waals surface area (Å²) in [5.74, 6) is 7.38. The van der Waals surface area contributed by atoms with E-state index in [1.54, 1.807) is 18.2 Å². The van der Waals surface area contributed by atoms with Crippen LogP contribution in [0.15, 0.2) is 53.9 Å². The molecule has 1 aliphatic rings. The highest BCUT2D eigenvalue weighted by Gasteiger charge is 2.13. The minimum absolute atomic E-state index is 0.00591. The molecule has 0 atom stereocenters. The highest BCUT2D eigenvalue weighted by atomic mass is 32.2. The van der Waals surface area contributed by atoms with Crippen LogP contribution in [0.25, 0.3) is 6.08 Å². The molecule has 0 saturated carbocycles. The molecule has 1 N–H and O–H groups in total. The van der Waals surface area contributed by atoms with Gasteiger partial charge < -0.3 is 14.2 Å². The van der Waals surface area contributed by atoms with E-state index in [-0.39, 0.29) is 19.9 Å². The number of fused-ring (bicyclic) bond motifs is 1. The Balaban J connectivity index is 1.43. The maximum atomic E-state index is 11.8. The van der Waals surface area contributed by atoms with Gasteiger partial charge in [0, 0.05) is 11.5 Å². The summed E-state index contributed by atoms with van der Waals surface area (Å²) in [6, 6.07) is 14.4. The predicted molar refractivity (Wildman–Crippen MR) is 98.2 cm³/mol. The summed E-state index contributed by atoms with van der Waals surface area (Å²) >= 11 is 0. The Morgan fingerprint density at radius 3 is 2.73 bits per heavy atom. The van der Waals surface area contributed by atoms with Gasteiger partial charge in [-0.15, -0.1) is 0 Å². The summed E-state index contributed by atoms with van der Waals surface area (Å²) in [7, 11) is -3.53. The lowest BCUT2D eigenvalue weighted by molar-refractivity contribution is 0.174. The van der Waals surface area contributed by atoms with Crippen LogP contribution in [0, 0.1) is 11.8 Å². The molecule has 0 bridgehead atoms. The largest absolute Gasteiger partial charge is 0.481 e. The fourth-order valence-electron chi connectivity index (χ4n) is 2.12. The van der Waals surface area contributed by atoms with Crippen LogP contribution in [-0.2, 0) is 10.0 Å². The maximum absolute atomic E-state index is 11.8. The molecule has 1 aliphatic heterocycles. The number of ether oxygens (including phenoxy) is 3. The lowest BCUT2D eigenvalue weighted by atomic mass is 10.2. The molecule has 0 amide bonds. The fourth-order valence-corrected chi connectivity index (χ4v) is 2.82. The molecule has 26 heavy (non-hydrogen) atoms. The van der Waals surface area contributed by atoms with Gasteiger partial charge in [-0.2, -0.15) is 4.72 Å². The van der Waals surface area contributed by atoms with Crippen molar-refractivity contribution in [3.05, 3.63) is 59.5 Å². The minimum atomic E-state index is -3.53. The average Bonchev–Trinajstić information content (AvgIpc) is 3.12. The molecule has 1 heterocycles. The van der Waals surface area contributed by atoms with Gasteiger partial charge in [-0.25, -0.2) is 8.42 Å². The van der Waals surface area contributed by atoms with Crippen molar-refractivity contribution < 1.29 is 22.6 Å². The second-order valence-electron chi connectivity index (χ2n) is 5.24. The molecule has 134 valence electrons. The number of hydrogen-bond donors (Lipinski definition) is 1. The van der Waals surface area contributed by atoms with Crippen LogP contribution in [-0.4, -0.2) is 28.4 Å². The number of nitrogens with one attached hydrogen (secondary N) is 1. The lowest BCUT2D eigenvalue weighted by Gasteiger charge is -2.02. The first-order chi connectivity index (χ1) is 12.6. The van der Waals surface area contributed by atoms with Crippen molar-refractivity contribution >= 4 is 16.1 Å². The molecule has 2 aromatic carbocycles. The highest BCUT2D eigenvalue weighted by molar-refractivity contribution is 7.92. The van der Waals surface area contributed by atoms with Gasteiger partial charge in [0.05, 0.1) is 6.54 Å². The minimum Gasteiger partial charge on any atom is -0.481 e. The van der Waals surface area contributed by atoms with E-state index in [0.717, 1.165) is 11.0 Å². The molecule has 7 heteroatoms. The van der Waals surface area contributed by atoms with E-state index < -0.39 is 10.0 Å². The van der Waals surface area contributed by atoms with Crippen LogP contribution in [0.2, 0.25) is 0 Å². The van der Waals surface area contributed by atoms with Gasteiger partial charge in [-0.3, -0.25) is 0 Å². The van der Waals surface area contributed by atoms with Crippen LogP contribution >= 0.6 is 0 Å². The zero-order valence-electron chi connectivity index (χ0n) is 13.8. The molecule has 0 saturated heterocycles. The van der Waals surface area contributed by atoms with E-state index in [1.807, 2.05) is 30.3 Å². The topological polar surface area (TPSA) is 73.9 Å². The number of sulfonamides is 1. The first kappa shape index (κ1) is 17.9.